The first-order valence-corrected chi connectivity index (χ1v) is 15.1. The van der Waals surface area contributed by atoms with Gasteiger partial charge in [0.05, 0.1) is 11.4 Å². The molecule has 0 aliphatic carbocycles. The molecule has 0 bridgehead atoms. The van der Waals surface area contributed by atoms with E-state index in [0.717, 1.165) is 67.5 Å². The molecule has 1 N–H and O–H groups in total. The standard InChI is InChI=1S/C40H27N3O2/c1-2-11-26(12-3-1)27-13-8-14-28(25-27)29-15-4-6-17-31(29)43(32-18-9-20-34-38(32)40-35(45-34)21-10-24-41-40)37-23-22-36-39(42-37)30-16-5-7-19-33(30)44-36/h1-25,40-41H. The lowest BCUT2D eigenvalue weighted by Gasteiger charge is -2.29. The summed E-state index contributed by atoms with van der Waals surface area (Å²) in [5.41, 5.74) is 10.1. The molecule has 0 fully saturated rings. The van der Waals surface area contributed by atoms with E-state index in [-0.39, 0.29) is 6.04 Å². The highest BCUT2D eigenvalue weighted by molar-refractivity contribution is 6.03. The molecule has 5 heteroatoms. The number of hydrogen-bond donors (Lipinski definition) is 1. The summed E-state index contributed by atoms with van der Waals surface area (Å²) in [5, 5.41) is 4.51. The molecule has 5 aromatic carbocycles. The molecule has 0 radical (unpaired) electrons. The minimum Gasteiger partial charge on any atom is -0.459 e. The molecule has 4 heterocycles. The van der Waals surface area contributed by atoms with Crippen molar-refractivity contribution < 1.29 is 9.15 Å². The minimum absolute atomic E-state index is 0.101. The molecule has 214 valence electrons. The van der Waals surface area contributed by atoms with Crippen LogP contribution in [0.4, 0.5) is 17.2 Å². The van der Waals surface area contributed by atoms with Gasteiger partial charge in [0, 0.05) is 16.5 Å². The smallest absolute Gasteiger partial charge is 0.154 e. The summed E-state index contributed by atoms with van der Waals surface area (Å²) < 4.78 is 12.5. The lowest BCUT2D eigenvalue weighted by atomic mass is 9.96. The fourth-order valence-electron chi connectivity index (χ4n) is 6.52. The van der Waals surface area contributed by atoms with E-state index in [1.165, 1.54) is 11.1 Å². The van der Waals surface area contributed by atoms with E-state index in [9.17, 15) is 0 Å². The zero-order valence-electron chi connectivity index (χ0n) is 24.2. The first kappa shape index (κ1) is 25.4. The van der Waals surface area contributed by atoms with Crippen LogP contribution in [0.25, 0.3) is 44.3 Å². The van der Waals surface area contributed by atoms with Crippen LogP contribution in [0, 0.1) is 0 Å². The van der Waals surface area contributed by atoms with Crippen LogP contribution in [0.3, 0.4) is 0 Å². The van der Waals surface area contributed by atoms with Crippen LogP contribution in [0.5, 0.6) is 5.75 Å². The van der Waals surface area contributed by atoms with Crippen LogP contribution in [-0.2, 0) is 0 Å². The molecule has 2 aliphatic heterocycles. The summed E-state index contributed by atoms with van der Waals surface area (Å²) in [4.78, 5) is 7.55. The molecule has 5 nitrogen and oxygen atoms in total. The third-order valence-corrected chi connectivity index (χ3v) is 8.56. The Morgan fingerprint density at radius 2 is 1.42 bits per heavy atom. The molecular formula is C40H27N3O2. The van der Waals surface area contributed by atoms with Gasteiger partial charge in [0.15, 0.2) is 5.58 Å². The molecule has 2 aromatic heterocycles. The normalized spacial score (nSPS) is 14.8. The van der Waals surface area contributed by atoms with Crippen molar-refractivity contribution >= 4 is 39.3 Å². The molecule has 0 spiro atoms. The van der Waals surface area contributed by atoms with E-state index in [1.807, 2.05) is 60.8 Å². The van der Waals surface area contributed by atoms with Gasteiger partial charge in [0.2, 0.25) is 0 Å². The maximum atomic E-state index is 6.35. The van der Waals surface area contributed by atoms with Gasteiger partial charge in [-0.25, -0.2) is 4.98 Å². The molecule has 2 aliphatic rings. The number of dihydropyridines is 1. The highest BCUT2D eigenvalue weighted by Crippen LogP contribution is 2.50. The molecule has 0 saturated carbocycles. The molecule has 7 aromatic rings. The number of rotatable bonds is 5. The number of furan rings is 1. The van der Waals surface area contributed by atoms with Crippen molar-refractivity contribution in [3.63, 3.8) is 0 Å². The van der Waals surface area contributed by atoms with E-state index >= 15 is 0 Å². The van der Waals surface area contributed by atoms with Crippen LogP contribution in [0.15, 0.2) is 162 Å². The third-order valence-electron chi connectivity index (χ3n) is 8.56. The summed E-state index contributed by atoms with van der Waals surface area (Å²) in [7, 11) is 0. The Labute approximate surface area is 260 Å². The van der Waals surface area contributed by atoms with E-state index in [4.69, 9.17) is 14.1 Å². The topological polar surface area (TPSA) is 50.5 Å². The number of fused-ring (bicyclic) bond motifs is 6. The Bertz CT molecular complexity index is 2300. The van der Waals surface area contributed by atoms with Gasteiger partial charge in [0.25, 0.3) is 0 Å². The van der Waals surface area contributed by atoms with E-state index in [0.29, 0.717) is 0 Å². The maximum absolute atomic E-state index is 6.35. The summed E-state index contributed by atoms with van der Waals surface area (Å²) >= 11 is 0. The molecule has 1 atom stereocenters. The number of pyridine rings is 1. The largest absolute Gasteiger partial charge is 0.459 e. The lowest BCUT2D eigenvalue weighted by Crippen LogP contribution is -2.21. The SMILES string of the molecule is C1=CNC2C(=C1)Oc1cccc(N(c3ccc4oc5ccccc5c4n3)c3ccccc3-c3cccc(-c4ccccc4)c3)c12. The van der Waals surface area contributed by atoms with Crippen LogP contribution < -0.4 is 15.0 Å². The Balaban J connectivity index is 1.29. The van der Waals surface area contributed by atoms with E-state index in [2.05, 4.69) is 101 Å². The lowest BCUT2D eigenvalue weighted by molar-refractivity contribution is 0.415. The van der Waals surface area contributed by atoms with Crippen LogP contribution in [0.2, 0.25) is 0 Å². The van der Waals surface area contributed by atoms with Crippen molar-refractivity contribution in [3.05, 3.63) is 163 Å². The fraction of sp³-hybridized carbons (Fsp3) is 0.0250. The van der Waals surface area contributed by atoms with Crippen LogP contribution >= 0.6 is 0 Å². The average molecular weight is 582 g/mol. The second-order valence-corrected chi connectivity index (χ2v) is 11.2. The fourth-order valence-corrected chi connectivity index (χ4v) is 6.52. The molecule has 45 heavy (non-hydrogen) atoms. The van der Waals surface area contributed by atoms with Crippen molar-refractivity contribution in [1.29, 1.82) is 0 Å². The van der Waals surface area contributed by atoms with Crippen molar-refractivity contribution in [2.24, 2.45) is 0 Å². The summed E-state index contributed by atoms with van der Waals surface area (Å²) in [6.45, 7) is 0. The number of para-hydroxylation sites is 2. The van der Waals surface area contributed by atoms with Crippen molar-refractivity contribution in [1.82, 2.24) is 10.3 Å². The van der Waals surface area contributed by atoms with Crippen molar-refractivity contribution in [3.8, 4) is 28.0 Å². The Kier molecular flexibility index (Phi) is 5.81. The maximum Gasteiger partial charge on any atom is 0.154 e. The molecular weight excluding hydrogens is 554 g/mol. The minimum atomic E-state index is -0.101. The molecule has 1 unspecified atom stereocenters. The number of benzene rings is 5. The van der Waals surface area contributed by atoms with E-state index < -0.39 is 0 Å². The first-order chi connectivity index (χ1) is 22.3. The number of nitrogens with zero attached hydrogens (tertiary/aromatic N) is 2. The highest BCUT2D eigenvalue weighted by Gasteiger charge is 2.35. The van der Waals surface area contributed by atoms with Crippen molar-refractivity contribution in [2.75, 3.05) is 4.90 Å². The number of nitrogens with one attached hydrogen (secondary N) is 1. The van der Waals surface area contributed by atoms with E-state index in [1.54, 1.807) is 0 Å². The Hall–Kier alpha value is -6.07. The third kappa shape index (κ3) is 4.20. The second-order valence-electron chi connectivity index (χ2n) is 11.2. The zero-order valence-corrected chi connectivity index (χ0v) is 24.2. The van der Waals surface area contributed by atoms with Gasteiger partial charge in [-0.2, -0.15) is 0 Å². The van der Waals surface area contributed by atoms with Gasteiger partial charge in [-0.05, 0) is 83.6 Å². The molecule has 0 saturated heterocycles. The number of aromatic nitrogens is 1. The van der Waals surface area contributed by atoms with Gasteiger partial charge in [-0.15, -0.1) is 0 Å². The van der Waals surface area contributed by atoms with Gasteiger partial charge >= 0.3 is 0 Å². The van der Waals surface area contributed by atoms with Gasteiger partial charge in [0.1, 0.15) is 34.5 Å². The predicted molar refractivity (Wildman–Crippen MR) is 181 cm³/mol. The zero-order chi connectivity index (χ0) is 29.7. The van der Waals surface area contributed by atoms with Crippen molar-refractivity contribution in [2.45, 2.75) is 6.04 Å². The van der Waals surface area contributed by atoms with Gasteiger partial charge in [-0.3, -0.25) is 4.90 Å². The Morgan fingerprint density at radius 1 is 0.644 bits per heavy atom. The Morgan fingerprint density at radius 3 is 2.38 bits per heavy atom. The number of allylic oxidation sites excluding steroid dienone is 2. The summed E-state index contributed by atoms with van der Waals surface area (Å²) in [6.07, 6.45) is 5.97. The van der Waals surface area contributed by atoms with Gasteiger partial charge in [-0.1, -0.05) is 84.9 Å². The van der Waals surface area contributed by atoms with Crippen LogP contribution in [-0.4, -0.2) is 4.98 Å². The molecule has 0 amide bonds. The predicted octanol–water partition coefficient (Wildman–Crippen LogP) is 10.2. The monoisotopic (exact) mass is 581 g/mol. The van der Waals surface area contributed by atoms with Crippen LogP contribution in [0.1, 0.15) is 11.6 Å². The summed E-state index contributed by atoms with van der Waals surface area (Å²) in [5.74, 6) is 2.51. The number of ether oxygens (including phenoxy) is 1. The molecule has 9 rings (SSSR count). The summed E-state index contributed by atoms with van der Waals surface area (Å²) in [6, 6.07) is 46.0. The van der Waals surface area contributed by atoms with Gasteiger partial charge < -0.3 is 14.5 Å². The quantitative estimate of drug-likeness (QED) is 0.219. The second kappa shape index (κ2) is 10.3. The average Bonchev–Trinajstić information content (AvgIpc) is 3.68. The number of hydrogen-bond acceptors (Lipinski definition) is 5. The first-order valence-electron chi connectivity index (χ1n) is 15.1. The highest BCUT2D eigenvalue weighted by atomic mass is 16.5. The number of anilines is 3.